The zero-order valence-corrected chi connectivity index (χ0v) is 16.8. The maximum atomic E-state index is 13.3. The summed E-state index contributed by atoms with van der Waals surface area (Å²) < 4.78 is 41.2. The Labute approximate surface area is 175 Å². The lowest BCUT2D eigenvalue weighted by Gasteiger charge is -2.36. The number of hydrogen-bond acceptors (Lipinski definition) is 5. The van der Waals surface area contributed by atoms with Gasteiger partial charge in [-0.3, -0.25) is 9.59 Å². The van der Waals surface area contributed by atoms with E-state index < -0.39 is 11.7 Å². The van der Waals surface area contributed by atoms with Crippen LogP contribution in [0, 0.1) is 0 Å². The SMILES string of the molecule is CCn1nc(C(=O)N2CCN(c3ncccc3C(F)(F)F)CC2)c2ccccc2c1=O. The molecule has 0 atom stereocenters. The molecule has 0 N–H and O–H groups in total. The van der Waals surface area contributed by atoms with Crippen LogP contribution >= 0.6 is 0 Å². The molecular formula is C21H20F3N5O2. The summed E-state index contributed by atoms with van der Waals surface area (Å²) in [6, 6.07) is 9.04. The number of fused-ring (bicyclic) bond motifs is 1. The highest BCUT2D eigenvalue weighted by Crippen LogP contribution is 2.35. The number of piperazine rings is 1. The van der Waals surface area contributed by atoms with Gasteiger partial charge in [0.1, 0.15) is 5.82 Å². The summed E-state index contributed by atoms with van der Waals surface area (Å²) in [6.45, 7) is 2.93. The van der Waals surface area contributed by atoms with Gasteiger partial charge in [0.15, 0.2) is 5.69 Å². The average molecular weight is 431 g/mol. The molecule has 7 nitrogen and oxygen atoms in total. The van der Waals surface area contributed by atoms with Crippen molar-refractivity contribution in [2.45, 2.75) is 19.6 Å². The Kier molecular flexibility index (Phi) is 5.38. The zero-order chi connectivity index (χ0) is 22.2. The van der Waals surface area contributed by atoms with Crippen LogP contribution in [0.5, 0.6) is 0 Å². The minimum absolute atomic E-state index is 0.134. The van der Waals surface area contributed by atoms with Crippen molar-refractivity contribution >= 4 is 22.5 Å². The van der Waals surface area contributed by atoms with Gasteiger partial charge >= 0.3 is 6.18 Å². The van der Waals surface area contributed by atoms with Crippen LogP contribution in [0.3, 0.4) is 0 Å². The van der Waals surface area contributed by atoms with Crippen LogP contribution in [0.15, 0.2) is 47.4 Å². The molecule has 10 heteroatoms. The van der Waals surface area contributed by atoms with Gasteiger partial charge in [-0.15, -0.1) is 0 Å². The van der Waals surface area contributed by atoms with Gasteiger partial charge in [-0.05, 0) is 25.1 Å². The van der Waals surface area contributed by atoms with Crippen molar-refractivity contribution in [1.29, 1.82) is 0 Å². The van der Waals surface area contributed by atoms with Gasteiger partial charge in [0.2, 0.25) is 0 Å². The van der Waals surface area contributed by atoms with Gasteiger partial charge in [0.25, 0.3) is 11.5 Å². The monoisotopic (exact) mass is 431 g/mol. The number of aromatic nitrogens is 3. The van der Waals surface area contributed by atoms with Gasteiger partial charge < -0.3 is 9.80 Å². The molecule has 3 aromatic rings. The lowest BCUT2D eigenvalue weighted by atomic mass is 10.1. The highest BCUT2D eigenvalue weighted by Gasteiger charge is 2.36. The first-order chi connectivity index (χ1) is 14.8. The van der Waals surface area contributed by atoms with E-state index in [-0.39, 0.29) is 49.2 Å². The van der Waals surface area contributed by atoms with Crippen molar-refractivity contribution in [3.05, 3.63) is 64.2 Å². The largest absolute Gasteiger partial charge is 0.419 e. The van der Waals surface area contributed by atoms with Crippen LogP contribution in [0.1, 0.15) is 23.0 Å². The Hall–Kier alpha value is -3.43. The van der Waals surface area contributed by atoms with E-state index in [4.69, 9.17) is 0 Å². The number of aryl methyl sites for hydroxylation is 1. The highest BCUT2D eigenvalue weighted by atomic mass is 19.4. The van der Waals surface area contributed by atoms with Gasteiger partial charge in [-0.2, -0.15) is 18.3 Å². The lowest BCUT2D eigenvalue weighted by Crippen LogP contribution is -2.50. The maximum Gasteiger partial charge on any atom is 0.419 e. The Morgan fingerprint density at radius 3 is 2.35 bits per heavy atom. The van der Waals surface area contributed by atoms with Crippen LogP contribution in [-0.4, -0.2) is 51.8 Å². The standard InChI is InChI=1S/C21H20F3N5O2/c1-2-29-19(30)15-7-4-3-6-14(15)17(26-29)20(31)28-12-10-27(11-13-28)18-16(21(22,23)24)8-5-9-25-18/h3-9H,2,10-13H2,1H3. The lowest BCUT2D eigenvalue weighted by molar-refractivity contribution is -0.137. The topological polar surface area (TPSA) is 71.3 Å². The van der Waals surface area contributed by atoms with Gasteiger partial charge in [-0.1, -0.05) is 18.2 Å². The first-order valence-corrected chi connectivity index (χ1v) is 9.87. The molecule has 1 amide bonds. The fourth-order valence-corrected chi connectivity index (χ4v) is 3.75. The normalized spacial score (nSPS) is 14.8. The van der Waals surface area contributed by atoms with Crippen LogP contribution in [0.4, 0.5) is 19.0 Å². The van der Waals surface area contributed by atoms with Gasteiger partial charge in [-0.25, -0.2) is 9.67 Å². The van der Waals surface area contributed by atoms with E-state index in [9.17, 15) is 22.8 Å². The molecule has 3 heterocycles. The number of carbonyl (C=O) groups excluding carboxylic acids is 1. The summed E-state index contributed by atoms with van der Waals surface area (Å²) in [6.07, 6.45) is -3.18. The van der Waals surface area contributed by atoms with Crippen molar-refractivity contribution in [1.82, 2.24) is 19.7 Å². The Morgan fingerprint density at radius 1 is 1.03 bits per heavy atom. The number of anilines is 1. The minimum atomic E-state index is -4.51. The van der Waals surface area contributed by atoms with E-state index in [0.29, 0.717) is 17.3 Å². The molecule has 4 rings (SSSR count). The van der Waals surface area contributed by atoms with E-state index in [1.165, 1.54) is 21.8 Å². The number of nitrogens with zero attached hydrogens (tertiary/aromatic N) is 5. The molecule has 0 aliphatic carbocycles. The van der Waals surface area contributed by atoms with E-state index in [2.05, 4.69) is 10.1 Å². The molecule has 0 radical (unpaired) electrons. The highest BCUT2D eigenvalue weighted by molar-refractivity contribution is 6.04. The second kappa shape index (κ2) is 8.01. The molecular weight excluding hydrogens is 411 g/mol. The third-order valence-corrected chi connectivity index (χ3v) is 5.33. The zero-order valence-electron chi connectivity index (χ0n) is 16.8. The first-order valence-electron chi connectivity index (χ1n) is 9.87. The van der Waals surface area contributed by atoms with Crippen molar-refractivity contribution in [3.8, 4) is 0 Å². The molecule has 1 aliphatic heterocycles. The predicted octanol–water partition coefficient (Wildman–Crippen LogP) is 2.79. The molecule has 162 valence electrons. The molecule has 31 heavy (non-hydrogen) atoms. The fraction of sp³-hybridized carbons (Fsp3) is 0.333. The number of benzene rings is 1. The molecule has 0 spiro atoms. The van der Waals surface area contributed by atoms with E-state index in [0.717, 1.165) is 6.07 Å². The number of amides is 1. The molecule has 2 aromatic heterocycles. The van der Waals surface area contributed by atoms with Crippen molar-refractivity contribution in [2.75, 3.05) is 31.1 Å². The third-order valence-electron chi connectivity index (χ3n) is 5.33. The smallest absolute Gasteiger partial charge is 0.353 e. The maximum absolute atomic E-state index is 13.3. The molecule has 0 unspecified atom stereocenters. The minimum Gasteiger partial charge on any atom is -0.353 e. The molecule has 0 saturated carbocycles. The van der Waals surface area contributed by atoms with Crippen LogP contribution in [0.2, 0.25) is 0 Å². The quantitative estimate of drug-likeness (QED) is 0.638. The second-order valence-electron chi connectivity index (χ2n) is 7.17. The number of rotatable bonds is 3. The second-order valence-corrected chi connectivity index (χ2v) is 7.17. The number of pyridine rings is 1. The summed E-state index contributed by atoms with van der Waals surface area (Å²) in [5.74, 6) is -0.486. The van der Waals surface area contributed by atoms with Gasteiger partial charge in [0, 0.05) is 44.3 Å². The van der Waals surface area contributed by atoms with Crippen LogP contribution in [-0.2, 0) is 12.7 Å². The first kappa shape index (κ1) is 20.8. The summed E-state index contributed by atoms with van der Waals surface area (Å²) in [7, 11) is 0. The summed E-state index contributed by atoms with van der Waals surface area (Å²) in [5, 5.41) is 5.13. The summed E-state index contributed by atoms with van der Waals surface area (Å²) in [4.78, 5) is 32.7. The fourth-order valence-electron chi connectivity index (χ4n) is 3.75. The van der Waals surface area contributed by atoms with E-state index in [1.54, 1.807) is 36.1 Å². The van der Waals surface area contributed by atoms with Gasteiger partial charge in [0.05, 0.1) is 10.9 Å². The molecule has 1 aromatic carbocycles. The Balaban J connectivity index is 1.59. The van der Waals surface area contributed by atoms with Crippen molar-refractivity contribution in [3.63, 3.8) is 0 Å². The van der Waals surface area contributed by atoms with Crippen LogP contribution in [0.25, 0.3) is 10.8 Å². The third kappa shape index (κ3) is 3.85. The number of halogens is 3. The molecule has 0 bridgehead atoms. The van der Waals surface area contributed by atoms with Crippen molar-refractivity contribution in [2.24, 2.45) is 0 Å². The van der Waals surface area contributed by atoms with Crippen LogP contribution < -0.4 is 10.5 Å². The summed E-state index contributed by atoms with van der Waals surface area (Å²) in [5.41, 5.74) is -0.897. The number of alkyl halides is 3. The molecule has 1 saturated heterocycles. The van der Waals surface area contributed by atoms with Crippen molar-refractivity contribution < 1.29 is 18.0 Å². The van der Waals surface area contributed by atoms with E-state index >= 15 is 0 Å². The molecule has 1 aliphatic rings. The molecule has 1 fully saturated rings. The Bertz CT molecular complexity index is 1180. The predicted molar refractivity (Wildman–Crippen MR) is 109 cm³/mol. The number of hydrogen-bond donors (Lipinski definition) is 0. The van der Waals surface area contributed by atoms with E-state index in [1.807, 2.05) is 0 Å². The summed E-state index contributed by atoms with van der Waals surface area (Å²) >= 11 is 0. The average Bonchev–Trinajstić information content (AvgIpc) is 2.79. The Morgan fingerprint density at radius 2 is 1.71 bits per heavy atom. The number of carbonyl (C=O) groups is 1.